The summed E-state index contributed by atoms with van der Waals surface area (Å²) in [4.78, 5) is 28.9. The predicted molar refractivity (Wildman–Crippen MR) is 102 cm³/mol. The Hall–Kier alpha value is -2.47. The Balaban J connectivity index is 1.61. The quantitative estimate of drug-likeness (QED) is 0.766. The molecule has 0 bridgehead atoms. The van der Waals surface area contributed by atoms with Gasteiger partial charge in [0.25, 0.3) is 5.91 Å². The Morgan fingerprint density at radius 3 is 2.42 bits per heavy atom. The molecule has 0 radical (unpaired) electrons. The predicted octanol–water partition coefficient (Wildman–Crippen LogP) is 3.98. The summed E-state index contributed by atoms with van der Waals surface area (Å²) in [5.41, 5.74) is 2.74. The number of rotatable bonds is 4. The topological polar surface area (TPSA) is 49.9 Å². The average Bonchev–Trinajstić information content (AvgIpc) is 3.18. The van der Waals surface area contributed by atoms with E-state index in [9.17, 15) is 9.59 Å². The molecule has 1 unspecified atom stereocenters. The first-order valence-corrected chi connectivity index (χ1v) is 9.72. The zero-order valence-electron chi connectivity index (χ0n) is 14.7. The number of nitrogens with zero attached hydrogens (tertiary/aromatic N) is 2. The number of carbonyl (C=O) groups excluding carboxylic acids is 2. The second-order valence-electron chi connectivity index (χ2n) is 6.40. The standard InChI is InChI=1S/C20H20N2O3S/c1-3-25-16-10-6-14(7-11-16)19-22-17(12-26-19)18(23)21(20(22)24)15-8-4-13(2)5-9-15/h4-11,17,19H,3,12H2,1-2H3/t17-,19?/m0/s1. The van der Waals surface area contributed by atoms with Crippen LogP contribution in [0.2, 0.25) is 0 Å². The van der Waals surface area contributed by atoms with Gasteiger partial charge < -0.3 is 4.74 Å². The SMILES string of the molecule is CCOc1ccc(C2SC[C@H]3C(=O)N(c4ccc(C)cc4)C(=O)N23)cc1. The van der Waals surface area contributed by atoms with Gasteiger partial charge in [-0.1, -0.05) is 29.8 Å². The zero-order valence-corrected chi connectivity index (χ0v) is 15.5. The van der Waals surface area contributed by atoms with Gasteiger partial charge in [0.15, 0.2) is 0 Å². The molecule has 5 nitrogen and oxygen atoms in total. The maximum Gasteiger partial charge on any atom is 0.333 e. The number of benzene rings is 2. The van der Waals surface area contributed by atoms with Crippen LogP contribution in [0.1, 0.15) is 23.4 Å². The van der Waals surface area contributed by atoms with Crippen molar-refractivity contribution in [2.45, 2.75) is 25.3 Å². The monoisotopic (exact) mass is 368 g/mol. The number of aryl methyl sites for hydroxylation is 1. The van der Waals surface area contributed by atoms with E-state index in [4.69, 9.17) is 4.74 Å². The van der Waals surface area contributed by atoms with E-state index in [1.54, 1.807) is 16.7 Å². The second kappa shape index (κ2) is 6.68. The largest absolute Gasteiger partial charge is 0.494 e. The van der Waals surface area contributed by atoms with Gasteiger partial charge in [-0.05, 0) is 43.7 Å². The van der Waals surface area contributed by atoms with Gasteiger partial charge >= 0.3 is 6.03 Å². The van der Waals surface area contributed by atoms with Crippen molar-refractivity contribution < 1.29 is 14.3 Å². The maximum atomic E-state index is 13.0. The minimum atomic E-state index is -0.398. The minimum Gasteiger partial charge on any atom is -0.494 e. The molecule has 4 rings (SSSR count). The van der Waals surface area contributed by atoms with Crippen molar-refractivity contribution in [3.05, 3.63) is 59.7 Å². The van der Waals surface area contributed by atoms with Crippen molar-refractivity contribution in [2.24, 2.45) is 0 Å². The van der Waals surface area contributed by atoms with E-state index in [0.29, 0.717) is 18.0 Å². The number of carbonyl (C=O) groups is 2. The molecule has 2 aromatic carbocycles. The van der Waals surface area contributed by atoms with Crippen molar-refractivity contribution in [3.63, 3.8) is 0 Å². The van der Waals surface area contributed by atoms with Crippen LogP contribution in [-0.4, -0.2) is 35.2 Å². The van der Waals surface area contributed by atoms with Crippen LogP contribution in [0.4, 0.5) is 10.5 Å². The fourth-order valence-corrected chi connectivity index (χ4v) is 4.79. The highest BCUT2D eigenvalue weighted by atomic mass is 32.2. The first kappa shape index (κ1) is 17.0. The van der Waals surface area contributed by atoms with Crippen molar-refractivity contribution in [3.8, 4) is 5.75 Å². The van der Waals surface area contributed by atoms with Crippen LogP contribution in [0.25, 0.3) is 0 Å². The molecule has 6 heteroatoms. The lowest BCUT2D eigenvalue weighted by Crippen LogP contribution is -2.33. The van der Waals surface area contributed by atoms with Gasteiger partial charge in [-0.2, -0.15) is 0 Å². The summed E-state index contributed by atoms with van der Waals surface area (Å²) in [7, 11) is 0. The van der Waals surface area contributed by atoms with Gasteiger partial charge in [-0.3, -0.25) is 9.69 Å². The smallest absolute Gasteiger partial charge is 0.333 e. The van der Waals surface area contributed by atoms with Crippen LogP contribution in [0.5, 0.6) is 5.75 Å². The summed E-state index contributed by atoms with van der Waals surface area (Å²) in [5, 5.41) is -0.150. The van der Waals surface area contributed by atoms with Gasteiger partial charge in [-0.25, -0.2) is 9.69 Å². The highest BCUT2D eigenvalue weighted by Gasteiger charge is 2.53. The van der Waals surface area contributed by atoms with Crippen LogP contribution in [-0.2, 0) is 4.79 Å². The normalized spacial score (nSPS) is 22.1. The highest BCUT2D eigenvalue weighted by Crippen LogP contribution is 2.46. The van der Waals surface area contributed by atoms with E-state index in [1.807, 2.05) is 62.4 Å². The van der Waals surface area contributed by atoms with E-state index in [-0.39, 0.29) is 17.3 Å². The molecule has 0 aliphatic carbocycles. The Morgan fingerprint density at radius 1 is 1.08 bits per heavy atom. The summed E-state index contributed by atoms with van der Waals surface area (Å²) in [5.74, 6) is 1.28. The van der Waals surface area contributed by atoms with Gasteiger partial charge in [0.2, 0.25) is 0 Å². The minimum absolute atomic E-state index is 0.139. The van der Waals surface area contributed by atoms with Gasteiger partial charge in [-0.15, -0.1) is 11.8 Å². The van der Waals surface area contributed by atoms with Gasteiger partial charge in [0, 0.05) is 5.75 Å². The lowest BCUT2D eigenvalue weighted by Gasteiger charge is -2.23. The molecule has 0 aromatic heterocycles. The zero-order chi connectivity index (χ0) is 18.3. The van der Waals surface area contributed by atoms with Crippen LogP contribution in [0.15, 0.2) is 48.5 Å². The van der Waals surface area contributed by atoms with E-state index in [1.165, 1.54) is 4.90 Å². The molecule has 2 saturated heterocycles. The highest BCUT2D eigenvalue weighted by molar-refractivity contribution is 7.99. The Morgan fingerprint density at radius 2 is 1.77 bits per heavy atom. The summed E-state index contributed by atoms with van der Waals surface area (Å²) in [6.07, 6.45) is 0. The lowest BCUT2D eigenvalue weighted by molar-refractivity contribution is -0.119. The third kappa shape index (κ3) is 2.74. The summed E-state index contributed by atoms with van der Waals surface area (Å²) in [6, 6.07) is 14.6. The molecule has 2 heterocycles. The fraction of sp³-hybridized carbons (Fsp3) is 0.300. The fourth-order valence-electron chi connectivity index (χ4n) is 3.37. The average molecular weight is 368 g/mol. The number of ether oxygens (including phenoxy) is 1. The number of hydrogen-bond acceptors (Lipinski definition) is 4. The Labute approximate surface area is 156 Å². The number of amides is 3. The molecular formula is C20H20N2O3S. The van der Waals surface area contributed by atoms with Crippen molar-refractivity contribution in [1.29, 1.82) is 0 Å². The molecule has 2 aromatic rings. The van der Waals surface area contributed by atoms with Crippen molar-refractivity contribution in [1.82, 2.24) is 4.90 Å². The molecular weight excluding hydrogens is 348 g/mol. The van der Waals surface area contributed by atoms with E-state index in [0.717, 1.165) is 16.9 Å². The molecule has 3 amide bonds. The van der Waals surface area contributed by atoms with E-state index < -0.39 is 6.04 Å². The molecule has 2 atom stereocenters. The summed E-state index contributed by atoms with van der Waals surface area (Å²) < 4.78 is 5.48. The molecule has 0 N–H and O–H groups in total. The molecule has 0 saturated carbocycles. The van der Waals surface area contributed by atoms with Crippen LogP contribution >= 0.6 is 11.8 Å². The number of fused-ring (bicyclic) bond motifs is 1. The van der Waals surface area contributed by atoms with Crippen molar-refractivity contribution >= 4 is 29.4 Å². The number of anilines is 1. The molecule has 134 valence electrons. The van der Waals surface area contributed by atoms with Gasteiger partial charge in [0.1, 0.15) is 17.2 Å². The number of imide groups is 1. The summed E-state index contributed by atoms with van der Waals surface area (Å²) in [6.45, 7) is 4.54. The molecule has 26 heavy (non-hydrogen) atoms. The van der Waals surface area contributed by atoms with Crippen molar-refractivity contribution in [2.75, 3.05) is 17.3 Å². The lowest BCUT2D eigenvalue weighted by atomic mass is 10.2. The van der Waals surface area contributed by atoms with E-state index in [2.05, 4.69) is 0 Å². The Kier molecular flexibility index (Phi) is 4.36. The molecule has 0 spiro atoms. The van der Waals surface area contributed by atoms with Crippen LogP contribution in [0, 0.1) is 6.92 Å². The Bertz CT molecular complexity index is 835. The number of urea groups is 1. The van der Waals surface area contributed by atoms with Crippen LogP contribution in [0.3, 0.4) is 0 Å². The first-order valence-electron chi connectivity index (χ1n) is 8.67. The van der Waals surface area contributed by atoms with Gasteiger partial charge in [0.05, 0.1) is 12.3 Å². The maximum absolute atomic E-state index is 13.0. The van der Waals surface area contributed by atoms with E-state index >= 15 is 0 Å². The number of hydrogen-bond donors (Lipinski definition) is 0. The first-order chi connectivity index (χ1) is 12.6. The molecule has 2 aliphatic rings. The van der Waals surface area contributed by atoms with Crippen LogP contribution < -0.4 is 9.64 Å². The molecule has 2 aliphatic heterocycles. The second-order valence-corrected chi connectivity index (χ2v) is 7.52. The third-order valence-electron chi connectivity index (χ3n) is 4.69. The number of thioether (sulfide) groups is 1. The summed E-state index contributed by atoms with van der Waals surface area (Å²) >= 11 is 1.63. The molecule has 2 fully saturated rings. The third-order valence-corrected chi connectivity index (χ3v) is 6.01.